The van der Waals surface area contributed by atoms with Gasteiger partial charge in [0.05, 0.1) is 27.2 Å². The van der Waals surface area contributed by atoms with E-state index in [0.717, 1.165) is 21.3 Å². The van der Waals surface area contributed by atoms with Crippen LogP contribution in [0.1, 0.15) is 24.0 Å². The third-order valence-electron chi connectivity index (χ3n) is 5.39. The number of carbonyl (C=O) groups excluding carboxylic acids is 1. The Hall–Kier alpha value is -3.04. The number of thiazole rings is 1. The van der Waals surface area contributed by atoms with Crippen LogP contribution in [0.4, 0.5) is 5.13 Å². The highest BCUT2D eigenvalue weighted by molar-refractivity contribution is 7.91. The predicted octanol–water partition coefficient (Wildman–Crippen LogP) is 4.40. The van der Waals surface area contributed by atoms with Gasteiger partial charge in [0.1, 0.15) is 0 Å². The molecule has 0 saturated heterocycles. The molecule has 0 radical (unpaired) electrons. The lowest BCUT2D eigenvalue weighted by molar-refractivity contribution is -0.118. The Labute approximate surface area is 197 Å². The fourth-order valence-electron chi connectivity index (χ4n) is 3.51. The number of aromatic nitrogens is 3. The quantitative estimate of drug-likeness (QED) is 0.353. The summed E-state index contributed by atoms with van der Waals surface area (Å²) in [5.41, 5.74) is 2.94. The van der Waals surface area contributed by atoms with Gasteiger partial charge in [-0.05, 0) is 50.1 Å². The van der Waals surface area contributed by atoms with Gasteiger partial charge in [0.15, 0.2) is 15.0 Å². The molecule has 1 amide bonds. The van der Waals surface area contributed by atoms with E-state index < -0.39 is 9.84 Å². The molecule has 0 aliphatic heterocycles. The van der Waals surface area contributed by atoms with Crippen molar-refractivity contribution in [2.45, 2.75) is 38.1 Å². The molecule has 33 heavy (non-hydrogen) atoms. The first-order valence-corrected chi connectivity index (χ1v) is 13.2. The summed E-state index contributed by atoms with van der Waals surface area (Å²) in [7, 11) is -3.55. The average molecular weight is 483 g/mol. The van der Waals surface area contributed by atoms with Gasteiger partial charge in [0, 0.05) is 31.9 Å². The second-order valence-electron chi connectivity index (χ2n) is 8.05. The van der Waals surface area contributed by atoms with Crippen LogP contribution in [0.15, 0.2) is 66.1 Å². The highest BCUT2D eigenvalue weighted by atomic mass is 32.2. The summed E-state index contributed by atoms with van der Waals surface area (Å²) in [4.78, 5) is 23.8. The smallest absolute Gasteiger partial charge is 0.229 e. The van der Waals surface area contributed by atoms with Gasteiger partial charge in [-0.15, -0.1) is 0 Å². The average Bonchev–Trinajstić information content (AvgIpc) is 3.45. The number of fused-ring (bicyclic) bond motifs is 1. The van der Waals surface area contributed by atoms with Crippen LogP contribution in [-0.2, 0) is 21.2 Å². The Morgan fingerprint density at radius 3 is 2.58 bits per heavy atom. The summed E-state index contributed by atoms with van der Waals surface area (Å²) in [6.45, 7) is 5.07. The van der Waals surface area contributed by atoms with Gasteiger partial charge in [-0.3, -0.25) is 9.69 Å². The lowest BCUT2D eigenvalue weighted by atomic mass is 10.2. The van der Waals surface area contributed by atoms with Crippen molar-refractivity contribution < 1.29 is 13.2 Å². The number of hydrogen-bond donors (Lipinski definition) is 0. The molecule has 2 aromatic heterocycles. The molecule has 2 aromatic carbocycles. The normalized spacial score (nSPS) is 11.7. The van der Waals surface area contributed by atoms with Crippen LogP contribution in [0, 0.1) is 13.8 Å². The summed E-state index contributed by atoms with van der Waals surface area (Å²) in [5, 5.41) is 0.596. The summed E-state index contributed by atoms with van der Waals surface area (Å²) >= 11 is 1.45. The molecule has 0 N–H and O–H groups in total. The molecule has 0 bridgehead atoms. The number of rotatable bonds is 9. The highest BCUT2D eigenvalue weighted by Gasteiger charge is 2.23. The molecule has 0 aliphatic rings. The molecular weight excluding hydrogens is 456 g/mol. The van der Waals surface area contributed by atoms with Gasteiger partial charge in [-0.25, -0.2) is 18.4 Å². The molecule has 0 fully saturated rings. The van der Waals surface area contributed by atoms with Crippen molar-refractivity contribution in [2.75, 3.05) is 17.2 Å². The van der Waals surface area contributed by atoms with E-state index in [9.17, 15) is 13.2 Å². The van der Waals surface area contributed by atoms with Crippen molar-refractivity contribution in [3.05, 3.63) is 72.3 Å². The van der Waals surface area contributed by atoms with Crippen LogP contribution in [0.2, 0.25) is 0 Å². The third kappa shape index (κ3) is 5.66. The van der Waals surface area contributed by atoms with Crippen LogP contribution < -0.4 is 4.90 Å². The van der Waals surface area contributed by atoms with Crippen molar-refractivity contribution in [3.63, 3.8) is 0 Å². The van der Waals surface area contributed by atoms with Crippen molar-refractivity contribution in [1.82, 2.24) is 14.5 Å². The Morgan fingerprint density at radius 2 is 1.85 bits per heavy atom. The summed E-state index contributed by atoms with van der Waals surface area (Å²) in [6, 6.07) is 12.7. The predicted molar refractivity (Wildman–Crippen MR) is 131 cm³/mol. The number of nitrogens with zero attached hydrogens (tertiary/aromatic N) is 4. The molecule has 9 heteroatoms. The summed E-state index contributed by atoms with van der Waals surface area (Å²) < 4.78 is 28.5. The second-order valence-corrected chi connectivity index (χ2v) is 11.2. The van der Waals surface area contributed by atoms with Gasteiger partial charge in [0.2, 0.25) is 5.91 Å². The minimum Gasteiger partial charge on any atom is -0.337 e. The number of anilines is 1. The molecule has 7 nitrogen and oxygen atoms in total. The molecule has 0 atom stereocenters. The summed E-state index contributed by atoms with van der Waals surface area (Å²) in [5.74, 6) is -0.483. The van der Waals surface area contributed by atoms with Crippen LogP contribution in [0.3, 0.4) is 0 Å². The maximum atomic E-state index is 13.2. The third-order valence-corrected chi connectivity index (χ3v) is 8.16. The largest absolute Gasteiger partial charge is 0.337 e. The molecule has 4 aromatic rings. The molecular formula is C24H26N4O3S2. The SMILES string of the molecule is Cc1ccc(S(=O)(=O)CCC(=O)N(CCCn2ccnc2)c2nc3ccc(C)cc3s2)cc1. The fraction of sp³-hybridized carbons (Fsp3) is 0.292. The van der Waals surface area contributed by atoms with Gasteiger partial charge in [-0.1, -0.05) is 35.1 Å². The number of benzene rings is 2. The monoisotopic (exact) mass is 482 g/mol. The minimum atomic E-state index is -3.55. The zero-order chi connectivity index (χ0) is 23.4. The number of amides is 1. The lowest BCUT2D eigenvalue weighted by Gasteiger charge is -2.20. The second kappa shape index (κ2) is 9.84. The van der Waals surface area contributed by atoms with E-state index in [1.807, 2.05) is 42.8 Å². The zero-order valence-corrected chi connectivity index (χ0v) is 20.3. The Bertz CT molecular complexity index is 1340. The number of imidazole rings is 1. The standard InChI is InChI=1S/C24H26N4O3S2/c1-18-4-7-20(8-5-18)33(30,31)15-10-23(29)28(13-3-12-27-14-11-25-17-27)24-26-21-9-6-19(2)16-22(21)32-24/h4-9,11,14,16-17H,3,10,12-13,15H2,1-2H3. The van der Waals surface area contributed by atoms with E-state index in [1.54, 1.807) is 41.7 Å². The molecule has 0 saturated carbocycles. The fourth-order valence-corrected chi connectivity index (χ4v) is 5.85. The van der Waals surface area contributed by atoms with E-state index in [4.69, 9.17) is 0 Å². The first-order valence-electron chi connectivity index (χ1n) is 10.7. The van der Waals surface area contributed by atoms with Crippen molar-refractivity contribution in [1.29, 1.82) is 0 Å². The van der Waals surface area contributed by atoms with Gasteiger partial charge in [-0.2, -0.15) is 0 Å². The minimum absolute atomic E-state index is 0.101. The van der Waals surface area contributed by atoms with Crippen LogP contribution in [-0.4, -0.2) is 41.2 Å². The number of carbonyl (C=O) groups is 1. The van der Waals surface area contributed by atoms with E-state index in [-0.39, 0.29) is 23.0 Å². The molecule has 0 aliphatic carbocycles. The number of sulfone groups is 1. The van der Waals surface area contributed by atoms with E-state index in [2.05, 4.69) is 9.97 Å². The number of aryl methyl sites for hydroxylation is 3. The summed E-state index contributed by atoms with van der Waals surface area (Å²) in [6.07, 6.45) is 5.92. The molecule has 0 spiro atoms. The Balaban J connectivity index is 1.52. The van der Waals surface area contributed by atoms with Gasteiger partial charge < -0.3 is 4.57 Å². The molecule has 0 unspecified atom stereocenters. The van der Waals surface area contributed by atoms with Gasteiger partial charge >= 0.3 is 0 Å². The van der Waals surface area contributed by atoms with E-state index in [0.29, 0.717) is 24.6 Å². The maximum absolute atomic E-state index is 13.2. The lowest BCUT2D eigenvalue weighted by Crippen LogP contribution is -2.33. The highest BCUT2D eigenvalue weighted by Crippen LogP contribution is 2.30. The van der Waals surface area contributed by atoms with Crippen LogP contribution >= 0.6 is 11.3 Å². The molecule has 4 rings (SSSR count). The first kappa shape index (κ1) is 23.1. The Morgan fingerprint density at radius 1 is 1.09 bits per heavy atom. The topological polar surface area (TPSA) is 85.2 Å². The van der Waals surface area contributed by atoms with Crippen LogP contribution in [0.5, 0.6) is 0 Å². The van der Waals surface area contributed by atoms with E-state index in [1.165, 1.54) is 11.3 Å². The maximum Gasteiger partial charge on any atom is 0.229 e. The first-order chi connectivity index (χ1) is 15.8. The van der Waals surface area contributed by atoms with Gasteiger partial charge in [0.25, 0.3) is 0 Å². The van der Waals surface area contributed by atoms with Crippen molar-refractivity contribution >= 4 is 42.4 Å². The zero-order valence-electron chi connectivity index (χ0n) is 18.6. The van der Waals surface area contributed by atoms with Crippen molar-refractivity contribution in [3.8, 4) is 0 Å². The molecule has 172 valence electrons. The van der Waals surface area contributed by atoms with Crippen molar-refractivity contribution in [2.24, 2.45) is 0 Å². The van der Waals surface area contributed by atoms with E-state index >= 15 is 0 Å². The molecule has 2 heterocycles. The number of hydrogen-bond acceptors (Lipinski definition) is 6. The van der Waals surface area contributed by atoms with Crippen LogP contribution in [0.25, 0.3) is 10.2 Å². The Kier molecular flexibility index (Phi) is 6.90.